The van der Waals surface area contributed by atoms with E-state index in [4.69, 9.17) is 4.74 Å². The van der Waals surface area contributed by atoms with E-state index in [2.05, 4.69) is 25.5 Å². The van der Waals surface area contributed by atoms with Gasteiger partial charge in [-0.15, -0.1) is 5.10 Å². The largest absolute Gasteiger partial charge is 0.457 e. The van der Waals surface area contributed by atoms with Crippen LogP contribution >= 0.6 is 11.8 Å². The lowest BCUT2D eigenvalue weighted by molar-refractivity contribution is -0.113. The number of H-pyrrole nitrogens is 1. The Morgan fingerprint density at radius 2 is 1.72 bits per heavy atom. The van der Waals surface area contributed by atoms with Crippen molar-refractivity contribution in [2.75, 3.05) is 11.1 Å². The second-order valence-corrected chi connectivity index (χ2v) is 7.43. The van der Waals surface area contributed by atoms with Gasteiger partial charge in [-0.2, -0.15) is 0 Å². The first-order valence-electron chi connectivity index (χ1n) is 10.3. The normalized spacial score (nSPS) is 10.1. The van der Waals surface area contributed by atoms with Gasteiger partial charge in [0.05, 0.1) is 5.75 Å². The van der Waals surface area contributed by atoms with Crippen LogP contribution in [-0.2, 0) is 4.79 Å². The molecule has 0 saturated carbocycles. The second-order valence-electron chi connectivity index (χ2n) is 6.48. The number of thioether (sulfide) groups is 1. The molecular formula is C24H25N5O2S. The zero-order valence-corrected chi connectivity index (χ0v) is 19.0. The maximum atomic E-state index is 12.2. The molecule has 4 aromatic rings. The fourth-order valence-corrected chi connectivity index (χ4v) is 3.22. The van der Waals surface area contributed by atoms with Gasteiger partial charge in [-0.25, -0.2) is 4.98 Å². The molecule has 2 N–H and O–H groups in total. The Morgan fingerprint density at radius 1 is 1.03 bits per heavy atom. The minimum absolute atomic E-state index is 0.139. The summed E-state index contributed by atoms with van der Waals surface area (Å²) < 4.78 is 5.80. The van der Waals surface area contributed by atoms with Crippen LogP contribution in [0.3, 0.4) is 0 Å². The van der Waals surface area contributed by atoms with E-state index in [-0.39, 0.29) is 11.7 Å². The third-order valence-corrected chi connectivity index (χ3v) is 4.97. The Bertz CT molecular complexity index is 1110. The van der Waals surface area contributed by atoms with Gasteiger partial charge in [0, 0.05) is 23.6 Å². The number of hydrogen-bond donors (Lipinski definition) is 2. The molecule has 0 unspecified atom stereocenters. The predicted octanol–water partition coefficient (Wildman–Crippen LogP) is 5.72. The Balaban J connectivity index is 0.00000141. The quantitative estimate of drug-likeness (QED) is 0.352. The smallest absolute Gasteiger partial charge is 0.234 e. The molecule has 2 aromatic heterocycles. The molecule has 0 radical (unpaired) electrons. The summed E-state index contributed by atoms with van der Waals surface area (Å²) in [6.07, 6.45) is 3.40. The number of benzene rings is 2. The fourth-order valence-electron chi connectivity index (χ4n) is 2.62. The van der Waals surface area contributed by atoms with Crippen molar-refractivity contribution in [3.05, 3.63) is 78.6 Å². The van der Waals surface area contributed by atoms with Crippen molar-refractivity contribution in [2.24, 2.45) is 0 Å². The summed E-state index contributed by atoms with van der Waals surface area (Å²) in [5.41, 5.74) is 2.72. The Kier molecular flexibility index (Phi) is 8.39. The number of ether oxygens (including phenoxy) is 1. The number of pyridine rings is 1. The van der Waals surface area contributed by atoms with Gasteiger partial charge in [-0.1, -0.05) is 43.3 Å². The molecule has 164 valence electrons. The van der Waals surface area contributed by atoms with Crippen LogP contribution < -0.4 is 10.1 Å². The number of carbonyl (C=O) groups excluding carboxylic acids is 1. The first-order chi connectivity index (χ1) is 15.7. The van der Waals surface area contributed by atoms with Crippen LogP contribution in [-0.4, -0.2) is 31.8 Å². The summed E-state index contributed by atoms with van der Waals surface area (Å²) >= 11 is 1.26. The van der Waals surface area contributed by atoms with E-state index < -0.39 is 0 Å². The van der Waals surface area contributed by atoms with Crippen molar-refractivity contribution in [2.45, 2.75) is 25.9 Å². The fraction of sp³-hybridized carbons (Fsp3) is 0.167. The SMILES string of the molecule is CC.Cc1ccc(Oc2ccc(NC(=O)CSc3n[nH]c(-c4cccnc4)n3)cc2)cc1. The van der Waals surface area contributed by atoms with Crippen molar-refractivity contribution in [3.8, 4) is 22.9 Å². The number of amides is 1. The van der Waals surface area contributed by atoms with Crippen LogP contribution in [0.15, 0.2) is 78.2 Å². The standard InChI is InChI=1S/C22H19N5O2S.C2H6/c1-15-4-8-18(9-5-15)29-19-10-6-17(7-11-19)24-20(28)14-30-22-25-21(26-27-22)16-3-2-12-23-13-16;1-2/h2-13H,14H2,1H3,(H,24,28)(H,25,26,27);1-2H3. The first kappa shape index (κ1) is 23.0. The Labute approximate surface area is 191 Å². The highest BCUT2D eigenvalue weighted by Crippen LogP contribution is 2.24. The van der Waals surface area contributed by atoms with Gasteiger partial charge >= 0.3 is 0 Å². The van der Waals surface area contributed by atoms with Gasteiger partial charge in [0.15, 0.2) is 5.82 Å². The summed E-state index contributed by atoms with van der Waals surface area (Å²) in [7, 11) is 0. The van der Waals surface area contributed by atoms with Gasteiger partial charge in [-0.3, -0.25) is 14.9 Å². The van der Waals surface area contributed by atoms with E-state index in [1.54, 1.807) is 24.5 Å². The van der Waals surface area contributed by atoms with E-state index in [0.717, 1.165) is 11.3 Å². The van der Waals surface area contributed by atoms with Gasteiger partial charge < -0.3 is 10.1 Å². The lowest BCUT2D eigenvalue weighted by Crippen LogP contribution is -2.14. The minimum atomic E-state index is -0.139. The van der Waals surface area contributed by atoms with Crippen molar-refractivity contribution in [1.82, 2.24) is 20.2 Å². The van der Waals surface area contributed by atoms with Crippen LogP contribution in [0.1, 0.15) is 19.4 Å². The number of carbonyl (C=O) groups is 1. The van der Waals surface area contributed by atoms with Crippen LogP contribution in [0.25, 0.3) is 11.4 Å². The maximum absolute atomic E-state index is 12.2. The molecule has 0 aliphatic carbocycles. The summed E-state index contributed by atoms with van der Waals surface area (Å²) in [5.74, 6) is 2.15. The summed E-state index contributed by atoms with van der Waals surface area (Å²) in [4.78, 5) is 20.7. The van der Waals surface area contributed by atoms with Crippen LogP contribution in [0, 0.1) is 6.92 Å². The zero-order valence-electron chi connectivity index (χ0n) is 18.2. The topological polar surface area (TPSA) is 92.8 Å². The molecule has 4 rings (SSSR count). The molecule has 7 nitrogen and oxygen atoms in total. The third kappa shape index (κ3) is 6.68. The number of hydrogen-bond acceptors (Lipinski definition) is 6. The van der Waals surface area contributed by atoms with E-state index >= 15 is 0 Å². The molecule has 0 saturated heterocycles. The third-order valence-electron chi connectivity index (χ3n) is 4.13. The molecular weight excluding hydrogens is 422 g/mol. The highest BCUT2D eigenvalue weighted by Gasteiger charge is 2.09. The number of nitrogens with zero attached hydrogens (tertiary/aromatic N) is 3. The van der Waals surface area contributed by atoms with Crippen molar-refractivity contribution >= 4 is 23.4 Å². The Morgan fingerprint density at radius 3 is 2.38 bits per heavy atom. The van der Waals surface area contributed by atoms with Gasteiger partial charge in [0.2, 0.25) is 11.1 Å². The van der Waals surface area contributed by atoms with Crippen molar-refractivity contribution in [3.63, 3.8) is 0 Å². The molecule has 8 heteroatoms. The van der Waals surface area contributed by atoms with Crippen LogP contribution in [0.5, 0.6) is 11.5 Å². The Hall–Kier alpha value is -3.65. The predicted molar refractivity (Wildman–Crippen MR) is 128 cm³/mol. The number of nitrogens with one attached hydrogen (secondary N) is 2. The molecule has 0 aliphatic heterocycles. The average molecular weight is 448 g/mol. The average Bonchev–Trinajstić information content (AvgIpc) is 3.32. The van der Waals surface area contributed by atoms with Crippen LogP contribution in [0.2, 0.25) is 0 Å². The summed E-state index contributed by atoms with van der Waals surface area (Å²) in [6, 6.07) is 18.8. The van der Waals surface area contributed by atoms with Crippen molar-refractivity contribution < 1.29 is 9.53 Å². The second kappa shape index (κ2) is 11.7. The summed E-state index contributed by atoms with van der Waals surface area (Å²) in [5, 5.41) is 10.4. The number of aromatic nitrogens is 4. The summed E-state index contributed by atoms with van der Waals surface area (Å²) in [6.45, 7) is 6.03. The highest BCUT2D eigenvalue weighted by molar-refractivity contribution is 7.99. The molecule has 2 aromatic carbocycles. The molecule has 0 atom stereocenters. The first-order valence-corrected chi connectivity index (χ1v) is 11.2. The van der Waals surface area contributed by atoms with Gasteiger partial charge in [0.1, 0.15) is 11.5 Å². The van der Waals surface area contributed by atoms with Crippen molar-refractivity contribution in [1.29, 1.82) is 0 Å². The van der Waals surface area contributed by atoms with E-state index in [0.29, 0.717) is 22.4 Å². The van der Waals surface area contributed by atoms with E-state index in [1.165, 1.54) is 17.3 Å². The molecule has 0 spiro atoms. The number of aromatic amines is 1. The monoisotopic (exact) mass is 447 g/mol. The lowest BCUT2D eigenvalue weighted by atomic mass is 10.2. The number of rotatable bonds is 7. The van der Waals surface area contributed by atoms with Crippen LogP contribution in [0.4, 0.5) is 5.69 Å². The maximum Gasteiger partial charge on any atom is 0.234 e. The highest BCUT2D eigenvalue weighted by atomic mass is 32.2. The molecule has 0 fully saturated rings. The molecule has 2 heterocycles. The van der Waals surface area contributed by atoms with E-state index in [1.807, 2.05) is 69.3 Å². The number of anilines is 1. The van der Waals surface area contributed by atoms with Gasteiger partial charge in [-0.05, 0) is 55.5 Å². The van der Waals surface area contributed by atoms with Gasteiger partial charge in [0.25, 0.3) is 0 Å². The zero-order chi connectivity index (χ0) is 22.8. The molecule has 0 aliphatic rings. The minimum Gasteiger partial charge on any atom is -0.457 e. The lowest BCUT2D eigenvalue weighted by Gasteiger charge is -2.08. The molecule has 1 amide bonds. The number of aryl methyl sites for hydroxylation is 1. The molecule has 32 heavy (non-hydrogen) atoms. The van der Waals surface area contributed by atoms with E-state index in [9.17, 15) is 4.79 Å². The molecule has 0 bridgehead atoms.